The first-order valence-corrected chi connectivity index (χ1v) is 8.36. The molecule has 1 fully saturated rings. The molecule has 0 atom stereocenters. The Morgan fingerprint density at radius 2 is 2.04 bits per heavy atom. The van der Waals surface area contributed by atoms with Crippen molar-refractivity contribution >= 4 is 29.3 Å². The summed E-state index contributed by atoms with van der Waals surface area (Å²) in [6.45, 7) is 3.65. The number of amides is 2. The van der Waals surface area contributed by atoms with E-state index < -0.39 is 10.8 Å². The minimum Gasteiger partial charge on any atom is -0.366 e. The van der Waals surface area contributed by atoms with E-state index in [2.05, 4.69) is 6.92 Å². The van der Waals surface area contributed by atoms with E-state index in [4.69, 9.17) is 5.73 Å². The molecule has 8 heteroatoms. The van der Waals surface area contributed by atoms with Crippen molar-refractivity contribution in [3.63, 3.8) is 0 Å². The summed E-state index contributed by atoms with van der Waals surface area (Å²) in [5, 5.41) is 11.1. The van der Waals surface area contributed by atoms with Gasteiger partial charge in [0.15, 0.2) is 0 Å². The fraction of sp³-hybridized carbons (Fsp3) is 0.467. The van der Waals surface area contributed by atoms with Crippen LogP contribution in [0.2, 0.25) is 0 Å². The molecule has 0 saturated carbocycles. The van der Waals surface area contributed by atoms with Crippen molar-refractivity contribution in [1.82, 2.24) is 4.90 Å². The van der Waals surface area contributed by atoms with Crippen molar-refractivity contribution in [3.05, 3.63) is 33.9 Å². The third-order valence-electron chi connectivity index (χ3n) is 3.93. The van der Waals surface area contributed by atoms with E-state index >= 15 is 0 Å². The van der Waals surface area contributed by atoms with E-state index in [0.29, 0.717) is 10.8 Å². The number of nitrogens with zero attached hydrogens (tertiary/aromatic N) is 2. The quantitative estimate of drug-likeness (QED) is 0.503. The summed E-state index contributed by atoms with van der Waals surface area (Å²) in [6, 6.07) is 4.05. The number of nitro groups is 1. The van der Waals surface area contributed by atoms with Crippen molar-refractivity contribution in [2.24, 2.45) is 11.7 Å². The predicted octanol–water partition coefficient (Wildman–Crippen LogP) is 2.04. The molecule has 0 unspecified atom stereocenters. The minimum absolute atomic E-state index is 0.0184. The van der Waals surface area contributed by atoms with Crippen LogP contribution in [0.4, 0.5) is 5.69 Å². The van der Waals surface area contributed by atoms with Gasteiger partial charge in [-0.1, -0.05) is 6.92 Å². The lowest BCUT2D eigenvalue weighted by Gasteiger charge is -2.30. The van der Waals surface area contributed by atoms with Crippen LogP contribution in [-0.4, -0.2) is 40.5 Å². The molecule has 23 heavy (non-hydrogen) atoms. The van der Waals surface area contributed by atoms with Crippen LogP contribution in [0.15, 0.2) is 23.1 Å². The summed E-state index contributed by atoms with van der Waals surface area (Å²) >= 11 is 1.11. The highest BCUT2D eigenvalue weighted by Gasteiger charge is 2.22. The lowest BCUT2D eigenvalue weighted by molar-refractivity contribution is -0.387. The van der Waals surface area contributed by atoms with Crippen LogP contribution in [0.25, 0.3) is 0 Å². The predicted molar refractivity (Wildman–Crippen MR) is 87.3 cm³/mol. The first-order chi connectivity index (χ1) is 10.9. The second-order valence-electron chi connectivity index (χ2n) is 5.66. The fourth-order valence-corrected chi connectivity index (χ4v) is 3.33. The number of nitro benzene ring substituents is 1. The summed E-state index contributed by atoms with van der Waals surface area (Å²) < 4.78 is 0. The van der Waals surface area contributed by atoms with Crippen LogP contribution in [0.3, 0.4) is 0 Å². The highest BCUT2D eigenvalue weighted by atomic mass is 32.2. The van der Waals surface area contributed by atoms with Crippen molar-refractivity contribution in [1.29, 1.82) is 0 Å². The molecule has 124 valence electrons. The van der Waals surface area contributed by atoms with Crippen LogP contribution in [0.5, 0.6) is 0 Å². The third kappa shape index (κ3) is 4.44. The molecule has 1 aromatic rings. The number of nitrogens with two attached hydrogens (primary N) is 1. The van der Waals surface area contributed by atoms with Gasteiger partial charge in [-0.15, -0.1) is 11.8 Å². The minimum atomic E-state index is -0.719. The smallest absolute Gasteiger partial charge is 0.283 e. The standard InChI is InChI=1S/C15H19N3O4S/c1-10-4-6-17(7-5-10)14(19)9-23-13-3-2-11(15(16)20)8-12(13)18(21)22/h2-3,8,10H,4-7,9H2,1H3,(H2,16,20). The van der Waals surface area contributed by atoms with E-state index in [0.717, 1.165) is 43.8 Å². The van der Waals surface area contributed by atoms with Gasteiger partial charge in [-0.2, -0.15) is 0 Å². The topological polar surface area (TPSA) is 107 Å². The molecule has 1 saturated heterocycles. The SMILES string of the molecule is CC1CCN(C(=O)CSc2ccc(C(N)=O)cc2[N+](=O)[O-])CC1. The Bertz CT molecular complexity index is 627. The molecule has 1 aliphatic rings. The Hall–Kier alpha value is -2.09. The fourth-order valence-electron chi connectivity index (χ4n) is 2.42. The molecule has 0 aliphatic carbocycles. The van der Waals surface area contributed by atoms with Crippen molar-refractivity contribution in [2.75, 3.05) is 18.8 Å². The average molecular weight is 337 g/mol. The number of primary amides is 1. The molecular weight excluding hydrogens is 318 g/mol. The molecule has 1 aliphatic heterocycles. The molecule has 1 aromatic carbocycles. The average Bonchev–Trinajstić information content (AvgIpc) is 2.52. The van der Waals surface area contributed by atoms with Crippen LogP contribution >= 0.6 is 11.8 Å². The van der Waals surface area contributed by atoms with E-state index in [1.54, 1.807) is 4.90 Å². The maximum atomic E-state index is 12.2. The molecule has 2 N–H and O–H groups in total. The van der Waals surface area contributed by atoms with Gasteiger partial charge in [-0.3, -0.25) is 19.7 Å². The molecule has 1 heterocycles. The largest absolute Gasteiger partial charge is 0.366 e. The maximum Gasteiger partial charge on any atom is 0.283 e. The van der Waals surface area contributed by atoms with Gasteiger partial charge in [0.05, 0.1) is 15.6 Å². The van der Waals surface area contributed by atoms with Gasteiger partial charge in [0.2, 0.25) is 11.8 Å². The Balaban J connectivity index is 2.03. The number of carbonyl (C=O) groups is 2. The van der Waals surface area contributed by atoms with Crippen molar-refractivity contribution < 1.29 is 14.5 Å². The van der Waals surface area contributed by atoms with Gasteiger partial charge in [0, 0.05) is 24.7 Å². The van der Waals surface area contributed by atoms with E-state index in [1.807, 2.05) is 0 Å². The monoisotopic (exact) mass is 337 g/mol. The van der Waals surface area contributed by atoms with Crippen LogP contribution in [0.1, 0.15) is 30.1 Å². The Labute approximate surface area is 138 Å². The number of hydrogen-bond acceptors (Lipinski definition) is 5. The molecule has 0 bridgehead atoms. The molecule has 2 amide bonds. The Morgan fingerprint density at radius 1 is 1.39 bits per heavy atom. The van der Waals surface area contributed by atoms with E-state index in [-0.39, 0.29) is 22.9 Å². The Kier molecular flexibility index (Phi) is 5.59. The van der Waals surface area contributed by atoms with Gasteiger partial charge in [-0.05, 0) is 30.9 Å². The zero-order valence-corrected chi connectivity index (χ0v) is 13.7. The normalized spacial score (nSPS) is 15.4. The van der Waals surface area contributed by atoms with Crippen LogP contribution in [0, 0.1) is 16.0 Å². The molecule has 0 radical (unpaired) electrons. The third-order valence-corrected chi connectivity index (χ3v) is 4.98. The number of thioether (sulfide) groups is 1. The summed E-state index contributed by atoms with van der Waals surface area (Å²) in [4.78, 5) is 36.0. The molecule has 0 spiro atoms. The Morgan fingerprint density at radius 3 is 2.61 bits per heavy atom. The number of piperidine rings is 1. The number of carbonyl (C=O) groups excluding carboxylic acids is 2. The van der Waals surface area contributed by atoms with E-state index in [9.17, 15) is 19.7 Å². The number of benzene rings is 1. The molecule has 7 nitrogen and oxygen atoms in total. The molecule has 2 rings (SSSR count). The van der Waals surface area contributed by atoms with Crippen LogP contribution < -0.4 is 5.73 Å². The van der Waals surface area contributed by atoms with Crippen LogP contribution in [-0.2, 0) is 4.79 Å². The zero-order valence-electron chi connectivity index (χ0n) is 12.9. The maximum absolute atomic E-state index is 12.2. The highest BCUT2D eigenvalue weighted by Crippen LogP contribution is 2.30. The lowest BCUT2D eigenvalue weighted by atomic mass is 9.99. The second kappa shape index (κ2) is 7.45. The second-order valence-corrected chi connectivity index (χ2v) is 6.67. The van der Waals surface area contributed by atoms with Gasteiger partial charge in [-0.25, -0.2) is 0 Å². The first-order valence-electron chi connectivity index (χ1n) is 7.37. The summed E-state index contributed by atoms with van der Waals surface area (Å²) in [7, 11) is 0. The number of rotatable bonds is 5. The molecule has 0 aromatic heterocycles. The van der Waals surface area contributed by atoms with Crippen molar-refractivity contribution in [3.8, 4) is 0 Å². The van der Waals surface area contributed by atoms with Gasteiger partial charge in [0.1, 0.15) is 0 Å². The summed E-state index contributed by atoms with van der Waals surface area (Å²) in [5.74, 6) is 0.0398. The van der Waals surface area contributed by atoms with Gasteiger partial charge < -0.3 is 10.6 Å². The zero-order chi connectivity index (χ0) is 17.0. The van der Waals surface area contributed by atoms with Gasteiger partial charge in [0.25, 0.3) is 5.69 Å². The number of likely N-dealkylation sites (tertiary alicyclic amines) is 1. The first kappa shape index (κ1) is 17.3. The van der Waals surface area contributed by atoms with E-state index in [1.165, 1.54) is 12.1 Å². The highest BCUT2D eigenvalue weighted by molar-refractivity contribution is 8.00. The summed E-state index contributed by atoms with van der Waals surface area (Å²) in [5.41, 5.74) is 5.01. The molecular formula is C15H19N3O4S. The lowest BCUT2D eigenvalue weighted by Crippen LogP contribution is -2.38. The van der Waals surface area contributed by atoms with Crippen molar-refractivity contribution in [2.45, 2.75) is 24.7 Å². The number of hydrogen-bond donors (Lipinski definition) is 1. The van der Waals surface area contributed by atoms with Gasteiger partial charge >= 0.3 is 0 Å². The summed E-state index contributed by atoms with van der Waals surface area (Å²) in [6.07, 6.45) is 1.98.